The van der Waals surface area contributed by atoms with Gasteiger partial charge in [-0.15, -0.1) is 0 Å². The summed E-state index contributed by atoms with van der Waals surface area (Å²) in [5.74, 6) is 0.377. The minimum absolute atomic E-state index is 0.0799. The van der Waals surface area contributed by atoms with Gasteiger partial charge in [-0.05, 0) is 5.92 Å². The van der Waals surface area contributed by atoms with Gasteiger partial charge in [0.15, 0.2) is 3.79 Å². The highest BCUT2D eigenvalue weighted by Crippen LogP contribution is 2.38. The third-order valence-electron chi connectivity index (χ3n) is 1.62. The van der Waals surface area contributed by atoms with Crippen LogP contribution >= 0.6 is 34.8 Å². The molecule has 0 fully saturated rings. The zero-order valence-electron chi connectivity index (χ0n) is 6.10. The fraction of sp³-hybridized carbons (Fsp3) is 0.500. The maximum atomic E-state index is 5.69. The first kappa shape index (κ1) is 9.44. The molecule has 0 radical (unpaired) electrons. The molecule has 11 heavy (non-hydrogen) atoms. The van der Waals surface area contributed by atoms with Gasteiger partial charge < -0.3 is 0 Å². The molecule has 0 nitrogen and oxygen atoms in total. The Morgan fingerprint density at radius 2 is 1.45 bits per heavy atom. The Bertz CT molecular complexity index is 174. The number of alkyl halides is 3. The summed E-state index contributed by atoms with van der Waals surface area (Å²) in [5, 5.41) is 0. The highest BCUT2D eigenvalue weighted by atomic mass is 35.6. The van der Waals surface area contributed by atoms with Crippen LogP contribution in [-0.2, 0) is 0 Å². The predicted octanol–water partition coefficient (Wildman–Crippen LogP) is 3.73. The van der Waals surface area contributed by atoms with E-state index in [9.17, 15) is 0 Å². The van der Waals surface area contributed by atoms with Crippen LogP contribution < -0.4 is 0 Å². The van der Waals surface area contributed by atoms with E-state index in [-0.39, 0.29) is 5.92 Å². The first-order valence-electron chi connectivity index (χ1n) is 3.43. The SMILES string of the molecule is CC1C=CC(C(Cl)(Cl)Cl)C=C1. The lowest BCUT2D eigenvalue weighted by atomic mass is 9.99. The zero-order chi connectivity index (χ0) is 8.48. The fourth-order valence-electron chi connectivity index (χ4n) is 0.936. The van der Waals surface area contributed by atoms with E-state index in [1.165, 1.54) is 0 Å². The van der Waals surface area contributed by atoms with E-state index >= 15 is 0 Å². The van der Waals surface area contributed by atoms with Crippen molar-refractivity contribution in [1.82, 2.24) is 0 Å². The van der Waals surface area contributed by atoms with Gasteiger partial charge >= 0.3 is 0 Å². The summed E-state index contributed by atoms with van der Waals surface area (Å²) in [6.07, 6.45) is 7.93. The highest BCUT2D eigenvalue weighted by Gasteiger charge is 2.29. The predicted molar refractivity (Wildman–Crippen MR) is 51.2 cm³/mol. The molecule has 0 spiro atoms. The highest BCUT2D eigenvalue weighted by molar-refractivity contribution is 6.67. The molecule has 0 unspecified atom stereocenters. The van der Waals surface area contributed by atoms with Gasteiger partial charge in [0.05, 0.1) is 0 Å². The van der Waals surface area contributed by atoms with Crippen molar-refractivity contribution < 1.29 is 0 Å². The van der Waals surface area contributed by atoms with Gasteiger partial charge in [-0.25, -0.2) is 0 Å². The van der Waals surface area contributed by atoms with Crippen molar-refractivity contribution >= 4 is 34.8 Å². The summed E-state index contributed by atoms with van der Waals surface area (Å²) in [4.78, 5) is 0. The second kappa shape index (κ2) is 3.38. The lowest BCUT2D eigenvalue weighted by Crippen LogP contribution is -2.16. The van der Waals surface area contributed by atoms with Crippen LogP contribution in [0.1, 0.15) is 6.92 Å². The molecule has 0 heterocycles. The largest absolute Gasteiger partial charge is 0.200 e. The molecule has 0 atom stereocenters. The van der Waals surface area contributed by atoms with Gasteiger partial charge in [0.25, 0.3) is 0 Å². The Labute approximate surface area is 81.8 Å². The molecule has 0 aromatic rings. The first-order valence-corrected chi connectivity index (χ1v) is 4.57. The van der Waals surface area contributed by atoms with Crippen LogP contribution in [0.25, 0.3) is 0 Å². The fourth-order valence-corrected chi connectivity index (χ4v) is 1.37. The van der Waals surface area contributed by atoms with Crippen LogP contribution in [0.15, 0.2) is 24.3 Å². The minimum Gasteiger partial charge on any atom is -0.0827 e. The van der Waals surface area contributed by atoms with E-state index < -0.39 is 3.79 Å². The molecule has 0 aromatic heterocycles. The van der Waals surface area contributed by atoms with Gasteiger partial charge in [-0.3, -0.25) is 0 Å². The molecule has 0 aliphatic heterocycles. The standard InChI is InChI=1S/C8H9Cl3/c1-6-2-4-7(5-3-6)8(9,10)11/h2-7H,1H3. The monoisotopic (exact) mass is 210 g/mol. The van der Waals surface area contributed by atoms with Crippen molar-refractivity contribution in [2.75, 3.05) is 0 Å². The maximum absolute atomic E-state index is 5.69. The molecule has 0 saturated carbocycles. The Kier molecular flexibility index (Phi) is 2.90. The van der Waals surface area contributed by atoms with Crippen LogP contribution in [-0.4, -0.2) is 3.79 Å². The van der Waals surface area contributed by atoms with Crippen LogP contribution in [0, 0.1) is 11.8 Å². The molecule has 3 heteroatoms. The Morgan fingerprint density at radius 3 is 1.82 bits per heavy atom. The van der Waals surface area contributed by atoms with Crippen molar-refractivity contribution in [1.29, 1.82) is 0 Å². The van der Waals surface area contributed by atoms with Crippen molar-refractivity contribution in [2.24, 2.45) is 11.8 Å². The van der Waals surface area contributed by atoms with Crippen molar-refractivity contribution in [2.45, 2.75) is 10.7 Å². The molecular formula is C8H9Cl3. The summed E-state index contributed by atoms with van der Waals surface area (Å²) in [7, 11) is 0. The Hall–Kier alpha value is 0.350. The zero-order valence-corrected chi connectivity index (χ0v) is 8.37. The number of allylic oxidation sites excluding steroid dienone is 4. The van der Waals surface area contributed by atoms with Crippen LogP contribution in [0.3, 0.4) is 0 Å². The van der Waals surface area contributed by atoms with E-state index in [1.54, 1.807) is 0 Å². The van der Waals surface area contributed by atoms with Gasteiger partial charge in [0, 0.05) is 5.92 Å². The average Bonchev–Trinajstić information content (AvgIpc) is 1.86. The summed E-state index contributed by atoms with van der Waals surface area (Å²) < 4.78 is -1.20. The van der Waals surface area contributed by atoms with Crippen LogP contribution in [0.4, 0.5) is 0 Å². The lowest BCUT2D eigenvalue weighted by Gasteiger charge is -2.20. The summed E-state index contributed by atoms with van der Waals surface area (Å²) in [5.41, 5.74) is 0. The number of hydrogen-bond acceptors (Lipinski definition) is 0. The minimum atomic E-state index is -1.20. The van der Waals surface area contributed by atoms with Crippen molar-refractivity contribution in [3.8, 4) is 0 Å². The van der Waals surface area contributed by atoms with Crippen molar-refractivity contribution in [3.05, 3.63) is 24.3 Å². The van der Waals surface area contributed by atoms with Crippen molar-refractivity contribution in [3.63, 3.8) is 0 Å². The summed E-state index contributed by atoms with van der Waals surface area (Å²) in [6.45, 7) is 2.08. The van der Waals surface area contributed by atoms with E-state index in [0.29, 0.717) is 5.92 Å². The third-order valence-corrected chi connectivity index (χ3v) is 2.38. The molecule has 0 N–H and O–H groups in total. The maximum Gasteiger partial charge on any atom is 0.200 e. The average molecular weight is 212 g/mol. The normalized spacial score (nSPS) is 30.9. The van der Waals surface area contributed by atoms with Crippen LogP contribution in [0.5, 0.6) is 0 Å². The topological polar surface area (TPSA) is 0 Å². The Balaban J connectivity index is 2.66. The lowest BCUT2D eigenvalue weighted by molar-refractivity contribution is 0.778. The molecule has 62 valence electrons. The molecule has 0 amide bonds. The molecule has 1 aliphatic carbocycles. The van der Waals surface area contributed by atoms with Gasteiger partial charge in [0.2, 0.25) is 0 Å². The third kappa shape index (κ3) is 2.70. The van der Waals surface area contributed by atoms with Gasteiger partial charge in [-0.1, -0.05) is 66.0 Å². The number of halogens is 3. The molecule has 1 aliphatic rings. The molecular weight excluding hydrogens is 202 g/mol. The molecule has 1 rings (SSSR count). The van der Waals surface area contributed by atoms with E-state index in [1.807, 2.05) is 24.3 Å². The number of hydrogen-bond donors (Lipinski definition) is 0. The van der Waals surface area contributed by atoms with Gasteiger partial charge in [0.1, 0.15) is 0 Å². The molecule has 0 saturated heterocycles. The van der Waals surface area contributed by atoms with E-state index in [2.05, 4.69) is 6.92 Å². The second-order valence-electron chi connectivity index (χ2n) is 2.70. The smallest absolute Gasteiger partial charge is 0.0827 e. The van der Waals surface area contributed by atoms with E-state index in [0.717, 1.165) is 0 Å². The first-order chi connectivity index (χ1) is 5.00. The van der Waals surface area contributed by atoms with Gasteiger partial charge in [-0.2, -0.15) is 0 Å². The van der Waals surface area contributed by atoms with E-state index in [4.69, 9.17) is 34.8 Å². The number of rotatable bonds is 0. The summed E-state index contributed by atoms with van der Waals surface area (Å²) in [6, 6.07) is 0. The molecule has 0 bridgehead atoms. The summed E-state index contributed by atoms with van der Waals surface area (Å²) >= 11 is 17.1. The van der Waals surface area contributed by atoms with Crippen LogP contribution in [0.2, 0.25) is 0 Å². The molecule has 0 aromatic carbocycles. The quantitative estimate of drug-likeness (QED) is 0.423. The Morgan fingerprint density at radius 1 is 1.00 bits per heavy atom. The second-order valence-corrected chi connectivity index (χ2v) is 5.07.